The minimum atomic E-state index is -0.498. The molecule has 0 amide bonds. The lowest BCUT2D eigenvalue weighted by atomic mass is 10.2. The predicted octanol–water partition coefficient (Wildman–Crippen LogP) is 5.40. The lowest BCUT2D eigenvalue weighted by Gasteiger charge is -2.08. The molecule has 132 valence electrons. The molecule has 3 aromatic rings. The predicted molar refractivity (Wildman–Crippen MR) is 102 cm³/mol. The van der Waals surface area contributed by atoms with Crippen LogP contribution in [0.5, 0.6) is 5.75 Å². The van der Waals surface area contributed by atoms with Gasteiger partial charge in [0.2, 0.25) is 5.76 Å². The van der Waals surface area contributed by atoms with E-state index in [4.69, 9.17) is 9.26 Å². The van der Waals surface area contributed by atoms with Crippen LogP contribution in [0.25, 0.3) is 12.2 Å². The molecule has 0 atom stereocenters. The maximum atomic E-state index is 11.1. The molecular weight excluding hydrogens is 400 g/mol. The molecule has 26 heavy (non-hydrogen) atoms. The van der Waals surface area contributed by atoms with Crippen LogP contribution in [0, 0.1) is 17.0 Å². The fourth-order valence-electron chi connectivity index (χ4n) is 2.36. The maximum Gasteiger partial charge on any atom is 0.338 e. The topological polar surface area (TPSA) is 78.4 Å². The van der Waals surface area contributed by atoms with E-state index in [0.29, 0.717) is 12.4 Å². The molecule has 0 spiro atoms. The molecule has 0 aliphatic carbocycles. The Morgan fingerprint density at radius 2 is 2.00 bits per heavy atom. The second-order valence-corrected chi connectivity index (χ2v) is 6.39. The number of nitro groups is 1. The normalized spacial score (nSPS) is 11.0. The van der Waals surface area contributed by atoms with Gasteiger partial charge in [-0.15, -0.1) is 0 Å². The minimum Gasteiger partial charge on any atom is -0.488 e. The van der Waals surface area contributed by atoms with Gasteiger partial charge in [-0.2, -0.15) is 0 Å². The number of nitrogens with zero attached hydrogens (tertiary/aromatic N) is 2. The van der Waals surface area contributed by atoms with Crippen LogP contribution >= 0.6 is 15.9 Å². The monoisotopic (exact) mass is 414 g/mol. The van der Waals surface area contributed by atoms with E-state index in [9.17, 15) is 10.1 Å². The van der Waals surface area contributed by atoms with E-state index in [2.05, 4.69) is 21.1 Å². The molecule has 6 nitrogen and oxygen atoms in total. The van der Waals surface area contributed by atoms with Gasteiger partial charge in [0.25, 0.3) is 0 Å². The van der Waals surface area contributed by atoms with Crippen molar-refractivity contribution in [2.24, 2.45) is 0 Å². The van der Waals surface area contributed by atoms with Crippen LogP contribution in [0.1, 0.15) is 22.6 Å². The summed E-state index contributed by atoms with van der Waals surface area (Å²) in [7, 11) is 0. The van der Waals surface area contributed by atoms with Crippen LogP contribution in [-0.4, -0.2) is 10.1 Å². The Kier molecular flexibility index (Phi) is 5.48. The SMILES string of the molecule is Cc1noc(C=Cc2ccc(OCc3ccccc3)c(Br)c2)c1[N+](=O)[O-]. The fourth-order valence-corrected chi connectivity index (χ4v) is 2.87. The van der Waals surface area contributed by atoms with Crippen LogP contribution in [0.3, 0.4) is 0 Å². The molecule has 1 heterocycles. The summed E-state index contributed by atoms with van der Waals surface area (Å²) in [4.78, 5) is 10.6. The summed E-state index contributed by atoms with van der Waals surface area (Å²) in [5.74, 6) is 0.834. The first-order valence-electron chi connectivity index (χ1n) is 7.79. The number of halogens is 1. The highest BCUT2D eigenvalue weighted by molar-refractivity contribution is 9.10. The van der Waals surface area contributed by atoms with Gasteiger partial charge in [-0.25, -0.2) is 0 Å². The van der Waals surface area contributed by atoms with E-state index in [1.165, 1.54) is 13.0 Å². The van der Waals surface area contributed by atoms with E-state index in [1.807, 2.05) is 48.5 Å². The summed E-state index contributed by atoms with van der Waals surface area (Å²) in [5, 5.41) is 14.7. The Labute approximate surface area is 158 Å². The second kappa shape index (κ2) is 7.97. The highest BCUT2D eigenvalue weighted by atomic mass is 79.9. The molecule has 0 aliphatic heterocycles. The Morgan fingerprint density at radius 1 is 1.23 bits per heavy atom. The van der Waals surface area contributed by atoms with E-state index >= 15 is 0 Å². The summed E-state index contributed by atoms with van der Waals surface area (Å²) in [6.07, 6.45) is 3.25. The molecule has 0 radical (unpaired) electrons. The lowest BCUT2D eigenvalue weighted by Crippen LogP contribution is -1.95. The van der Waals surface area contributed by atoms with Crippen molar-refractivity contribution in [3.8, 4) is 5.75 Å². The van der Waals surface area contributed by atoms with Gasteiger partial charge in [0.05, 0.1) is 9.40 Å². The minimum absolute atomic E-state index is 0.119. The van der Waals surface area contributed by atoms with Crippen molar-refractivity contribution in [3.05, 3.63) is 85.7 Å². The van der Waals surface area contributed by atoms with Gasteiger partial charge in [0.15, 0.2) is 5.69 Å². The van der Waals surface area contributed by atoms with Crippen LogP contribution in [0.2, 0.25) is 0 Å². The van der Waals surface area contributed by atoms with Gasteiger partial charge in [-0.05, 0) is 52.2 Å². The molecule has 0 fully saturated rings. The summed E-state index contributed by atoms with van der Waals surface area (Å²) < 4.78 is 11.6. The van der Waals surface area contributed by atoms with Crippen molar-refractivity contribution in [3.63, 3.8) is 0 Å². The Morgan fingerprint density at radius 3 is 2.69 bits per heavy atom. The number of benzene rings is 2. The standard InChI is InChI=1S/C19H15BrN2O4/c1-13-19(22(23)24)18(26-21-13)10-8-14-7-9-17(16(20)11-14)25-12-15-5-3-2-4-6-15/h2-11H,12H2,1H3. The zero-order valence-electron chi connectivity index (χ0n) is 13.9. The molecule has 0 saturated carbocycles. The summed E-state index contributed by atoms with van der Waals surface area (Å²) >= 11 is 3.49. The molecule has 0 aliphatic rings. The van der Waals surface area contributed by atoms with Crippen molar-refractivity contribution in [1.82, 2.24) is 5.16 Å². The summed E-state index contributed by atoms with van der Waals surface area (Å²) in [6, 6.07) is 15.4. The van der Waals surface area contributed by atoms with Gasteiger partial charge in [0.1, 0.15) is 12.4 Å². The average molecular weight is 415 g/mol. The van der Waals surface area contributed by atoms with E-state index < -0.39 is 4.92 Å². The number of hydrogen-bond donors (Lipinski definition) is 0. The van der Waals surface area contributed by atoms with Crippen LogP contribution in [-0.2, 0) is 6.61 Å². The lowest BCUT2D eigenvalue weighted by molar-refractivity contribution is -0.386. The summed E-state index contributed by atoms with van der Waals surface area (Å²) in [6.45, 7) is 2.01. The van der Waals surface area contributed by atoms with Crippen LogP contribution in [0.4, 0.5) is 5.69 Å². The zero-order chi connectivity index (χ0) is 18.5. The van der Waals surface area contributed by atoms with Crippen molar-refractivity contribution < 1.29 is 14.2 Å². The molecule has 1 aromatic heterocycles. The molecular formula is C19H15BrN2O4. The number of rotatable bonds is 6. The van der Waals surface area contributed by atoms with Crippen LogP contribution < -0.4 is 4.74 Å². The van der Waals surface area contributed by atoms with Crippen molar-refractivity contribution in [1.29, 1.82) is 0 Å². The molecule has 7 heteroatoms. The third-order valence-electron chi connectivity index (χ3n) is 3.66. The number of aromatic nitrogens is 1. The average Bonchev–Trinajstić information content (AvgIpc) is 3.01. The van der Waals surface area contributed by atoms with Crippen molar-refractivity contribution >= 4 is 33.8 Å². The highest BCUT2D eigenvalue weighted by Crippen LogP contribution is 2.29. The first-order valence-corrected chi connectivity index (χ1v) is 8.59. The van der Waals surface area contributed by atoms with Gasteiger partial charge in [0, 0.05) is 0 Å². The first-order chi connectivity index (χ1) is 12.5. The Bertz CT molecular complexity index is 951. The molecule has 0 bridgehead atoms. The number of ether oxygens (including phenoxy) is 1. The number of aryl methyl sites for hydroxylation is 1. The van der Waals surface area contributed by atoms with Crippen molar-refractivity contribution in [2.45, 2.75) is 13.5 Å². The van der Waals surface area contributed by atoms with E-state index in [1.54, 1.807) is 6.08 Å². The maximum absolute atomic E-state index is 11.1. The zero-order valence-corrected chi connectivity index (χ0v) is 15.5. The Balaban J connectivity index is 1.72. The van der Waals surface area contributed by atoms with Crippen LogP contribution in [0.15, 0.2) is 57.5 Å². The third kappa shape index (κ3) is 4.18. The fraction of sp³-hybridized carbons (Fsp3) is 0.105. The Hall–Kier alpha value is -2.93. The molecule has 0 saturated heterocycles. The number of hydrogen-bond acceptors (Lipinski definition) is 5. The third-order valence-corrected chi connectivity index (χ3v) is 4.28. The molecule has 0 N–H and O–H groups in total. The van der Waals surface area contributed by atoms with E-state index in [0.717, 1.165) is 15.6 Å². The van der Waals surface area contributed by atoms with Gasteiger partial charge >= 0.3 is 5.69 Å². The molecule has 2 aromatic carbocycles. The highest BCUT2D eigenvalue weighted by Gasteiger charge is 2.21. The second-order valence-electron chi connectivity index (χ2n) is 5.54. The summed E-state index contributed by atoms with van der Waals surface area (Å²) in [5.41, 5.74) is 2.05. The van der Waals surface area contributed by atoms with Gasteiger partial charge < -0.3 is 9.26 Å². The quantitative estimate of drug-likeness (QED) is 0.398. The smallest absolute Gasteiger partial charge is 0.338 e. The van der Waals surface area contributed by atoms with E-state index in [-0.39, 0.29) is 17.1 Å². The van der Waals surface area contributed by atoms with Gasteiger partial charge in [-0.3, -0.25) is 10.1 Å². The van der Waals surface area contributed by atoms with Crippen molar-refractivity contribution in [2.75, 3.05) is 0 Å². The first kappa shape index (κ1) is 17.9. The largest absolute Gasteiger partial charge is 0.488 e. The van der Waals surface area contributed by atoms with Gasteiger partial charge in [-0.1, -0.05) is 47.6 Å². The molecule has 0 unspecified atom stereocenters. The molecule has 3 rings (SSSR count).